The van der Waals surface area contributed by atoms with E-state index in [-0.39, 0.29) is 0 Å². The molecule has 3 nitrogen and oxygen atoms in total. The second kappa shape index (κ2) is 6.65. The number of para-hydroxylation sites is 1. The highest BCUT2D eigenvalue weighted by Gasteiger charge is 2.12. The Morgan fingerprint density at radius 2 is 1.24 bits per heavy atom. The van der Waals surface area contributed by atoms with Crippen molar-refractivity contribution in [2.75, 3.05) is 12.5 Å². The van der Waals surface area contributed by atoms with Crippen LogP contribution in [0.25, 0.3) is 21.5 Å². The van der Waals surface area contributed by atoms with Crippen molar-refractivity contribution in [3.8, 4) is 5.75 Å². The van der Waals surface area contributed by atoms with E-state index in [2.05, 4.69) is 34.8 Å². The molecule has 0 spiro atoms. The van der Waals surface area contributed by atoms with E-state index in [1.165, 1.54) is 0 Å². The molecule has 0 fully saturated rings. The summed E-state index contributed by atoms with van der Waals surface area (Å²) in [7, 11) is 1.72. The van der Waals surface area contributed by atoms with E-state index < -0.39 is 0 Å². The molecule has 25 heavy (non-hydrogen) atoms. The molecular weight excluding hydrogens is 308 g/mol. The Balaban J connectivity index is 1.89. The maximum Gasteiger partial charge on any atom is 0.134 e. The number of rotatable bonds is 4. The number of hydrazone groups is 1. The zero-order valence-electron chi connectivity index (χ0n) is 13.9. The summed E-state index contributed by atoms with van der Waals surface area (Å²) < 4.78 is 5.71. The van der Waals surface area contributed by atoms with Crippen LogP contribution in [-0.2, 0) is 0 Å². The topological polar surface area (TPSA) is 33.6 Å². The summed E-state index contributed by atoms with van der Waals surface area (Å²) in [6.45, 7) is 0. The predicted molar refractivity (Wildman–Crippen MR) is 106 cm³/mol. The summed E-state index contributed by atoms with van der Waals surface area (Å²) in [6.07, 6.45) is 1.89. The average Bonchev–Trinajstić information content (AvgIpc) is 2.68. The summed E-state index contributed by atoms with van der Waals surface area (Å²) in [6, 6.07) is 26.4. The van der Waals surface area contributed by atoms with Crippen molar-refractivity contribution in [2.24, 2.45) is 5.10 Å². The highest BCUT2D eigenvalue weighted by Crippen LogP contribution is 2.37. The van der Waals surface area contributed by atoms with Crippen LogP contribution in [0, 0.1) is 0 Å². The lowest BCUT2D eigenvalue weighted by Crippen LogP contribution is -1.95. The van der Waals surface area contributed by atoms with Gasteiger partial charge in [-0.15, -0.1) is 0 Å². The third-order valence-electron chi connectivity index (χ3n) is 4.29. The quantitative estimate of drug-likeness (QED) is 0.307. The van der Waals surface area contributed by atoms with Crippen LogP contribution in [0.3, 0.4) is 0 Å². The minimum atomic E-state index is 0.902. The summed E-state index contributed by atoms with van der Waals surface area (Å²) in [5.74, 6) is 0.902. The average molecular weight is 326 g/mol. The van der Waals surface area contributed by atoms with Gasteiger partial charge in [-0.3, -0.25) is 5.43 Å². The molecule has 0 aliphatic carbocycles. The first-order valence-corrected chi connectivity index (χ1v) is 8.20. The van der Waals surface area contributed by atoms with Crippen LogP contribution in [0.15, 0.2) is 84.0 Å². The molecule has 4 aromatic rings. The third-order valence-corrected chi connectivity index (χ3v) is 4.29. The van der Waals surface area contributed by atoms with Gasteiger partial charge >= 0.3 is 0 Å². The molecule has 0 heterocycles. The number of hydrogen-bond acceptors (Lipinski definition) is 3. The summed E-state index contributed by atoms with van der Waals surface area (Å²) in [4.78, 5) is 0. The second-order valence-electron chi connectivity index (χ2n) is 5.77. The number of ether oxygens (including phenoxy) is 1. The van der Waals surface area contributed by atoms with Crippen LogP contribution in [0.2, 0.25) is 0 Å². The Labute approximate surface area is 146 Å². The summed E-state index contributed by atoms with van der Waals surface area (Å²) in [5.41, 5.74) is 5.13. The Hall–Kier alpha value is -3.33. The minimum Gasteiger partial charge on any atom is -0.495 e. The molecule has 0 aliphatic rings. The fraction of sp³-hybridized carbons (Fsp3) is 0.0455. The number of anilines is 1. The van der Waals surface area contributed by atoms with Gasteiger partial charge in [-0.1, -0.05) is 66.7 Å². The van der Waals surface area contributed by atoms with Crippen molar-refractivity contribution in [3.05, 3.63) is 84.4 Å². The molecule has 0 aromatic heterocycles. The maximum absolute atomic E-state index is 5.71. The zero-order chi connectivity index (χ0) is 17.1. The predicted octanol–water partition coefficient (Wildman–Crippen LogP) is 5.45. The van der Waals surface area contributed by atoms with Gasteiger partial charge in [0.2, 0.25) is 0 Å². The molecular formula is C22H18N2O. The normalized spacial score (nSPS) is 11.2. The second-order valence-corrected chi connectivity index (χ2v) is 5.77. The third kappa shape index (κ3) is 2.81. The van der Waals surface area contributed by atoms with Crippen LogP contribution in [0.4, 0.5) is 5.69 Å². The fourth-order valence-electron chi connectivity index (χ4n) is 3.17. The first kappa shape index (κ1) is 15.2. The summed E-state index contributed by atoms with van der Waals surface area (Å²) in [5, 5.41) is 8.87. The van der Waals surface area contributed by atoms with Crippen LogP contribution >= 0.6 is 0 Å². The molecule has 1 N–H and O–H groups in total. The Morgan fingerprint density at radius 1 is 0.720 bits per heavy atom. The van der Waals surface area contributed by atoms with Gasteiger partial charge in [-0.2, -0.15) is 5.10 Å². The molecule has 0 aliphatic heterocycles. The van der Waals surface area contributed by atoms with Crippen molar-refractivity contribution in [1.82, 2.24) is 0 Å². The minimum absolute atomic E-state index is 0.902. The van der Waals surface area contributed by atoms with Crippen molar-refractivity contribution in [1.29, 1.82) is 0 Å². The molecule has 0 bridgehead atoms. The first-order chi connectivity index (χ1) is 12.4. The van der Waals surface area contributed by atoms with Crippen LogP contribution < -0.4 is 10.2 Å². The maximum atomic E-state index is 5.71. The molecule has 0 unspecified atom stereocenters. The lowest BCUT2D eigenvalue weighted by molar-refractivity contribution is 0.424. The highest BCUT2D eigenvalue weighted by molar-refractivity contribution is 6.17. The highest BCUT2D eigenvalue weighted by atomic mass is 16.5. The SMILES string of the molecule is COc1c2ccccc2c(/C=N/Nc2ccccc2)c2ccccc12. The molecule has 0 saturated heterocycles. The molecule has 4 aromatic carbocycles. The molecule has 0 saturated carbocycles. The molecule has 4 rings (SSSR count). The fourth-order valence-corrected chi connectivity index (χ4v) is 3.17. The van der Waals surface area contributed by atoms with Gasteiger partial charge in [-0.25, -0.2) is 0 Å². The van der Waals surface area contributed by atoms with E-state index >= 15 is 0 Å². The van der Waals surface area contributed by atoms with Gasteiger partial charge in [0.1, 0.15) is 5.75 Å². The smallest absolute Gasteiger partial charge is 0.134 e. The molecule has 0 amide bonds. The lowest BCUT2D eigenvalue weighted by Gasteiger charge is -2.13. The van der Waals surface area contributed by atoms with Gasteiger partial charge in [0, 0.05) is 16.3 Å². The van der Waals surface area contributed by atoms with Gasteiger partial charge < -0.3 is 4.74 Å². The Kier molecular flexibility index (Phi) is 4.05. The van der Waals surface area contributed by atoms with Gasteiger partial charge in [0.25, 0.3) is 0 Å². The van der Waals surface area contributed by atoms with Crippen molar-refractivity contribution in [3.63, 3.8) is 0 Å². The van der Waals surface area contributed by atoms with E-state index in [1.54, 1.807) is 7.11 Å². The number of nitrogens with one attached hydrogen (secondary N) is 1. The van der Waals surface area contributed by atoms with E-state index in [0.717, 1.165) is 38.5 Å². The first-order valence-electron chi connectivity index (χ1n) is 8.20. The summed E-state index contributed by atoms with van der Waals surface area (Å²) >= 11 is 0. The van der Waals surface area contributed by atoms with Crippen molar-refractivity contribution >= 4 is 33.4 Å². The number of methoxy groups -OCH3 is 1. The van der Waals surface area contributed by atoms with E-state index in [1.807, 2.05) is 60.8 Å². The lowest BCUT2D eigenvalue weighted by atomic mass is 9.96. The van der Waals surface area contributed by atoms with E-state index in [4.69, 9.17) is 4.74 Å². The zero-order valence-corrected chi connectivity index (χ0v) is 13.9. The van der Waals surface area contributed by atoms with Crippen LogP contribution in [0.5, 0.6) is 5.75 Å². The molecule has 3 heteroatoms. The molecule has 0 atom stereocenters. The van der Waals surface area contributed by atoms with Gasteiger partial charge in [-0.05, 0) is 22.9 Å². The number of benzene rings is 4. The van der Waals surface area contributed by atoms with Crippen LogP contribution in [0.1, 0.15) is 5.56 Å². The molecule has 0 radical (unpaired) electrons. The number of hydrogen-bond donors (Lipinski definition) is 1. The standard InChI is InChI=1S/C22H18N2O/c1-25-22-19-13-7-5-11-17(19)21(18-12-6-8-14-20(18)22)15-23-24-16-9-3-2-4-10-16/h2-15,24H,1H3/b23-15+. The van der Waals surface area contributed by atoms with Crippen molar-refractivity contribution in [2.45, 2.75) is 0 Å². The van der Waals surface area contributed by atoms with Gasteiger partial charge in [0.15, 0.2) is 0 Å². The van der Waals surface area contributed by atoms with Gasteiger partial charge in [0.05, 0.1) is 19.0 Å². The molecule has 122 valence electrons. The Morgan fingerprint density at radius 3 is 1.80 bits per heavy atom. The number of fused-ring (bicyclic) bond motifs is 2. The largest absolute Gasteiger partial charge is 0.495 e. The van der Waals surface area contributed by atoms with E-state index in [0.29, 0.717) is 0 Å². The van der Waals surface area contributed by atoms with Crippen LogP contribution in [-0.4, -0.2) is 13.3 Å². The number of nitrogens with zero attached hydrogens (tertiary/aromatic N) is 1. The monoisotopic (exact) mass is 326 g/mol. The van der Waals surface area contributed by atoms with Crippen molar-refractivity contribution < 1.29 is 4.74 Å². The van der Waals surface area contributed by atoms with E-state index in [9.17, 15) is 0 Å². The Bertz CT molecular complexity index is 998.